The average molecular weight is 520 g/mol. The lowest BCUT2D eigenvalue weighted by Gasteiger charge is -2.08. The second-order valence-corrected chi connectivity index (χ2v) is 11.7. The van der Waals surface area contributed by atoms with Crippen LogP contribution in [-0.2, 0) is 9.84 Å². The highest BCUT2D eigenvalue weighted by molar-refractivity contribution is 9.10. The van der Waals surface area contributed by atoms with Crippen LogP contribution in [0.5, 0.6) is 0 Å². The molecule has 0 spiro atoms. The summed E-state index contributed by atoms with van der Waals surface area (Å²) >= 11 is 6.39. The van der Waals surface area contributed by atoms with Crippen molar-refractivity contribution in [1.29, 1.82) is 0 Å². The van der Waals surface area contributed by atoms with E-state index in [-0.39, 0.29) is 10.7 Å². The zero-order valence-corrected chi connectivity index (χ0v) is 19.7. The first-order chi connectivity index (χ1) is 14.3. The molecule has 1 heterocycles. The Labute approximate surface area is 191 Å². The second kappa shape index (κ2) is 8.63. The fourth-order valence-corrected chi connectivity index (χ4v) is 6.69. The van der Waals surface area contributed by atoms with Crippen molar-refractivity contribution in [2.24, 2.45) is 0 Å². The Morgan fingerprint density at radius 3 is 2.43 bits per heavy atom. The third-order valence-electron chi connectivity index (χ3n) is 4.26. The van der Waals surface area contributed by atoms with Gasteiger partial charge in [-0.05, 0) is 48.5 Å². The van der Waals surface area contributed by atoms with Crippen molar-refractivity contribution in [3.05, 3.63) is 83.1 Å². The summed E-state index contributed by atoms with van der Waals surface area (Å²) in [5.74, 6) is -0.337. The normalized spacial score (nSPS) is 11.6. The molecule has 4 aromatic rings. The first-order valence-corrected chi connectivity index (χ1v) is 13.1. The average Bonchev–Trinajstić information content (AvgIpc) is 3.11. The van der Waals surface area contributed by atoms with Crippen molar-refractivity contribution in [1.82, 2.24) is 4.98 Å². The molecule has 0 aliphatic carbocycles. The molecular formula is C22H15BrFNO2S3. The monoisotopic (exact) mass is 519 g/mol. The van der Waals surface area contributed by atoms with Crippen molar-refractivity contribution >= 4 is 48.9 Å². The molecular weight excluding hydrogens is 505 g/mol. The summed E-state index contributed by atoms with van der Waals surface area (Å²) in [6.07, 6.45) is 1.20. The predicted octanol–water partition coefficient (Wildman–Crippen LogP) is 6.93. The van der Waals surface area contributed by atoms with Crippen LogP contribution in [0.3, 0.4) is 0 Å². The van der Waals surface area contributed by atoms with Gasteiger partial charge in [-0.3, -0.25) is 0 Å². The van der Waals surface area contributed by atoms with Gasteiger partial charge in [-0.15, -0.1) is 11.3 Å². The van der Waals surface area contributed by atoms with E-state index >= 15 is 0 Å². The number of aromatic nitrogens is 1. The number of benzene rings is 3. The van der Waals surface area contributed by atoms with Crippen LogP contribution in [0, 0.1) is 5.82 Å². The Kier molecular flexibility index (Phi) is 6.11. The van der Waals surface area contributed by atoms with E-state index in [0.717, 1.165) is 24.1 Å². The van der Waals surface area contributed by atoms with Crippen LogP contribution >= 0.6 is 39.0 Å². The molecule has 0 atom stereocenters. The number of hydrogen-bond acceptors (Lipinski definition) is 5. The molecule has 0 fully saturated rings. The van der Waals surface area contributed by atoms with Crippen LogP contribution in [0.2, 0.25) is 0 Å². The van der Waals surface area contributed by atoms with Gasteiger partial charge in [-0.2, -0.15) is 0 Å². The minimum atomic E-state index is -3.44. The lowest BCUT2D eigenvalue weighted by Crippen LogP contribution is -1.99. The zero-order chi connectivity index (χ0) is 21.3. The Hall–Kier alpha value is -2.00. The summed E-state index contributed by atoms with van der Waals surface area (Å²) in [4.78, 5) is 6.77. The maximum absolute atomic E-state index is 13.5. The fourth-order valence-electron chi connectivity index (χ4n) is 2.94. The molecule has 0 aliphatic rings. The Bertz CT molecular complexity index is 1320. The van der Waals surface area contributed by atoms with E-state index < -0.39 is 9.84 Å². The van der Waals surface area contributed by atoms with Gasteiger partial charge in [0.05, 0.1) is 15.5 Å². The number of rotatable bonds is 5. The third-order valence-corrected chi connectivity index (χ3v) is 8.04. The number of nitrogens with zero attached hydrogens (tertiary/aromatic N) is 1. The summed E-state index contributed by atoms with van der Waals surface area (Å²) in [6.45, 7) is 0. The van der Waals surface area contributed by atoms with Crippen molar-refractivity contribution in [2.75, 3.05) is 6.26 Å². The minimum absolute atomic E-state index is 0.246. The summed E-state index contributed by atoms with van der Waals surface area (Å²) in [5.41, 5.74) is 1.96. The summed E-state index contributed by atoms with van der Waals surface area (Å²) in [6, 6.07) is 20.8. The van der Waals surface area contributed by atoms with E-state index in [1.807, 2.05) is 24.3 Å². The van der Waals surface area contributed by atoms with Crippen LogP contribution in [0.15, 0.2) is 91.4 Å². The van der Waals surface area contributed by atoms with Crippen LogP contribution in [-0.4, -0.2) is 19.7 Å². The number of sulfone groups is 1. The largest absolute Gasteiger partial charge is 0.229 e. The molecule has 0 unspecified atom stereocenters. The maximum Gasteiger partial charge on any atom is 0.176 e. The van der Waals surface area contributed by atoms with Gasteiger partial charge >= 0.3 is 0 Å². The standard InChI is InChI=1S/C22H15BrFNO2S3/c1-30(26,27)19-8-3-2-7-18(19)21-20(14-9-11-16(24)12-10-14)25-22(29-21)28-17-6-4-5-15(23)13-17/h2-13H,1H3. The molecule has 0 amide bonds. The van der Waals surface area contributed by atoms with Gasteiger partial charge < -0.3 is 0 Å². The zero-order valence-electron chi connectivity index (χ0n) is 15.7. The van der Waals surface area contributed by atoms with Crippen molar-refractivity contribution in [3.63, 3.8) is 0 Å². The molecule has 8 heteroatoms. The second-order valence-electron chi connectivity index (χ2n) is 6.49. The summed E-state index contributed by atoms with van der Waals surface area (Å²) < 4.78 is 40.0. The smallest absolute Gasteiger partial charge is 0.176 e. The fraction of sp³-hybridized carbons (Fsp3) is 0.0455. The van der Waals surface area contributed by atoms with Crippen molar-refractivity contribution in [2.45, 2.75) is 14.1 Å². The van der Waals surface area contributed by atoms with Gasteiger partial charge in [0.25, 0.3) is 0 Å². The predicted molar refractivity (Wildman–Crippen MR) is 124 cm³/mol. The van der Waals surface area contributed by atoms with E-state index in [0.29, 0.717) is 11.3 Å². The number of thiazole rings is 1. The molecule has 0 N–H and O–H groups in total. The van der Waals surface area contributed by atoms with E-state index in [1.165, 1.54) is 41.5 Å². The van der Waals surface area contributed by atoms with Crippen LogP contribution in [0.4, 0.5) is 4.39 Å². The number of hydrogen-bond donors (Lipinski definition) is 0. The molecule has 0 radical (unpaired) electrons. The van der Waals surface area contributed by atoms with Gasteiger partial charge in [-0.1, -0.05) is 52.0 Å². The van der Waals surface area contributed by atoms with E-state index in [4.69, 9.17) is 4.98 Å². The van der Waals surface area contributed by atoms with Gasteiger partial charge in [0.2, 0.25) is 0 Å². The molecule has 0 saturated carbocycles. The molecule has 3 aromatic carbocycles. The van der Waals surface area contributed by atoms with Gasteiger partial charge in [0.1, 0.15) is 5.82 Å². The van der Waals surface area contributed by atoms with E-state index in [2.05, 4.69) is 15.9 Å². The van der Waals surface area contributed by atoms with Gasteiger partial charge in [-0.25, -0.2) is 17.8 Å². The maximum atomic E-state index is 13.5. The van der Waals surface area contributed by atoms with Gasteiger partial charge in [0.15, 0.2) is 14.2 Å². The first kappa shape index (κ1) is 21.2. The lowest BCUT2D eigenvalue weighted by molar-refractivity contribution is 0.602. The first-order valence-electron chi connectivity index (χ1n) is 8.81. The number of halogens is 2. The van der Waals surface area contributed by atoms with Crippen LogP contribution < -0.4 is 0 Å². The molecule has 1 aromatic heterocycles. The van der Waals surface area contributed by atoms with E-state index in [1.54, 1.807) is 36.4 Å². The highest BCUT2D eigenvalue weighted by atomic mass is 79.9. The SMILES string of the molecule is CS(=O)(=O)c1ccccc1-c1sc(Sc2cccc(Br)c2)nc1-c1ccc(F)cc1. The Balaban J connectivity index is 1.89. The minimum Gasteiger partial charge on any atom is -0.229 e. The highest BCUT2D eigenvalue weighted by Crippen LogP contribution is 2.44. The molecule has 0 aliphatic heterocycles. The van der Waals surface area contributed by atoms with Crippen molar-refractivity contribution < 1.29 is 12.8 Å². The molecule has 0 bridgehead atoms. The summed E-state index contributed by atoms with van der Waals surface area (Å²) in [5, 5.41) is 0. The van der Waals surface area contributed by atoms with Crippen LogP contribution in [0.1, 0.15) is 0 Å². The summed E-state index contributed by atoms with van der Waals surface area (Å²) in [7, 11) is -3.44. The molecule has 4 rings (SSSR count). The molecule has 3 nitrogen and oxygen atoms in total. The highest BCUT2D eigenvalue weighted by Gasteiger charge is 2.21. The quantitative estimate of drug-likeness (QED) is 0.286. The topological polar surface area (TPSA) is 47.0 Å². The Morgan fingerprint density at radius 2 is 1.73 bits per heavy atom. The molecule has 152 valence electrons. The van der Waals surface area contributed by atoms with Crippen molar-refractivity contribution in [3.8, 4) is 21.7 Å². The Morgan fingerprint density at radius 1 is 1.00 bits per heavy atom. The van der Waals surface area contributed by atoms with Crippen LogP contribution in [0.25, 0.3) is 21.7 Å². The van der Waals surface area contributed by atoms with E-state index in [9.17, 15) is 12.8 Å². The third kappa shape index (κ3) is 4.67. The lowest BCUT2D eigenvalue weighted by atomic mass is 10.1. The van der Waals surface area contributed by atoms with Gasteiger partial charge in [0, 0.05) is 26.8 Å². The molecule has 30 heavy (non-hydrogen) atoms. The molecule has 0 saturated heterocycles.